The van der Waals surface area contributed by atoms with Gasteiger partial charge in [0, 0.05) is 12.0 Å². The molecule has 11 nitrogen and oxygen atoms in total. The predicted octanol–water partition coefficient (Wildman–Crippen LogP) is 9.01. The zero-order chi connectivity index (χ0) is 44.5. The summed E-state index contributed by atoms with van der Waals surface area (Å²) in [6, 6.07) is 19.4. The van der Waals surface area contributed by atoms with Crippen LogP contribution in [0.25, 0.3) is 0 Å². The minimum atomic E-state index is -1.15. The second-order valence-electron chi connectivity index (χ2n) is 20.7. The highest BCUT2D eigenvalue weighted by molar-refractivity contribution is 5.96. The minimum Gasteiger partial charge on any atom is -0.468 e. The lowest BCUT2D eigenvalue weighted by Crippen LogP contribution is -2.69. The van der Waals surface area contributed by atoms with Crippen molar-refractivity contribution in [3.05, 3.63) is 106 Å². The van der Waals surface area contributed by atoms with E-state index in [9.17, 15) is 19.2 Å². The molecule has 11 heteroatoms. The zero-order valence-electron chi connectivity index (χ0n) is 37.6. The number of ketones is 1. The van der Waals surface area contributed by atoms with Gasteiger partial charge >= 0.3 is 23.7 Å². The summed E-state index contributed by atoms with van der Waals surface area (Å²) in [5.41, 5.74) is -0.346. The maximum Gasteiger partial charge on any atom is 0.519 e. The van der Waals surface area contributed by atoms with Crippen LogP contribution in [0.5, 0.6) is 0 Å². The van der Waals surface area contributed by atoms with Crippen LogP contribution in [0.4, 0.5) is 0 Å². The third kappa shape index (κ3) is 6.92. The Morgan fingerprint density at radius 2 is 1.45 bits per heavy atom. The number of hydrogen-bond donors (Lipinski definition) is 1. The average molecular weight is 850 g/mol. The van der Waals surface area contributed by atoms with Gasteiger partial charge in [0.2, 0.25) is 0 Å². The molecule has 1 heterocycles. The van der Waals surface area contributed by atoms with Crippen molar-refractivity contribution < 1.29 is 42.2 Å². The van der Waals surface area contributed by atoms with Crippen molar-refractivity contribution in [2.24, 2.45) is 50.2 Å². The van der Waals surface area contributed by atoms with Gasteiger partial charge in [-0.25, -0.2) is 4.79 Å². The van der Waals surface area contributed by atoms with Crippen molar-refractivity contribution in [2.45, 2.75) is 125 Å². The van der Waals surface area contributed by atoms with Crippen molar-refractivity contribution in [2.75, 3.05) is 13.7 Å². The average Bonchev–Trinajstić information content (AvgIpc) is 3.58. The second-order valence-corrected chi connectivity index (χ2v) is 20.7. The second kappa shape index (κ2) is 15.8. The normalized spacial score (nSPS) is 36.3. The van der Waals surface area contributed by atoms with Crippen molar-refractivity contribution in [1.29, 1.82) is 0 Å². The quantitative estimate of drug-likeness (QED) is 0.154. The van der Waals surface area contributed by atoms with Gasteiger partial charge in [-0.15, -0.1) is 0 Å². The molecule has 0 aliphatic heterocycles. The number of carbonyl (C=O) groups is 4. The van der Waals surface area contributed by atoms with Crippen LogP contribution in [0.1, 0.15) is 128 Å². The largest absolute Gasteiger partial charge is 0.519 e. The molecule has 5 aliphatic carbocycles. The van der Waals surface area contributed by atoms with Crippen molar-refractivity contribution in [3.63, 3.8) is 0 Å². The smallest absolute Gasteiger partial charge is 0.468 e. The van der Waals surface area contributed by atoms with Gasteiger partial charge in [-0.2, -0.15) is 0 Å². The number of nitrogens with one attached hydrogen (secondary N) is 1. The molecule has 0 bridgehead atoms. The number of rotatable bonds is 10. The van der Waals surface area contributed by atoms with Crippen LogP contribution in [0.2, 0.25) is 0 Å². The molecule has 8 rings (SSSR count). The van der Waals surface area contributed by atoms with Crippen LogP contribution in [0, 0.1) is 57.2 Å². The fourth-order valence-corrected chi connectivity index (χ4v) is 13.6. The van der Waals surface area contributed by atoms with E-state index >= 15 is 4.79 Å². The fourth-order valence-electron chi connectivity index (χ4n) is 13.6. The molecule has 0 saturated heterocycles. The van der Waals surface area contributed by atoms with Gasteiger partial charge in [-0.05, 0) is 129 Å². The van der Waals surface area contributed by atoms with Gasteiger partial charge in [0.15, 0.2) is 30.0 Å². The topological polar surface area (TPSA) is 151 Å². The lowest BCUT2D eigenvalue weighted by Gasteiger charge is -2.70. The first-order valence-electron chi connectivity index (χ1n) is 22.5. The van der Waals surface area contributed by atoms with E-state index in [1.807, 2.05) is 73.7 Å². The molecule has 0 unspecified atom stereocenters. The summed E-state index contributed by atoms with van der Waals surface area (Å²) in [6.07, 6.45) is 8.05. The molecule has 0 amide bonds. The summed E-state index contributed by atoms with van der Waals surface area (Å²) in [4.78, 5) is 68.8. The zero-order valence-corrected chi connectivity index (χ0v) is 37.6. The maximum absolute atomic E-state index is 15.3. The van der Waals surface area contributed by atoms with E-state index in [1.165, 1.54) is 12.7 Å². The highest BCUT2D eigenvalue weighted by Crippen LogP contribution is 2.75. The molecule has 1 aromatic heterocycles. The Balaban J connectivity index is 1.11. The Labute approximate surface area is 364 Å². The third-order valence-corrected chi connectivity index (χ3v) is 17.5. The Morgan fingerprint density at radius 3 is 2.06 bits per heavy atom. The molecule has 0 spiro atoms. The molecule has 2 aromatic carbocycles. The van der Waals surface area contributed by atoms with Gasteiger partial charge in [-0.3, -0.25) is 19.2 Å². The SMILES string of the molecule is COC(=O)CN[C@H]1CC[C@@]2(C)[C@@H](CC[C@]3(C)[C@@H]2C(=O)C=C2[C@@H]4C[C@@](C)(C(=O)OC(c5ccccc5)c5ccccc5)CC[C@]4(C)CC[C@]23C)[C@]1(C)C(=O)OCc1oc(=O)oc1C. The van der Waals surface area contributed by atoms with Crippen LogP contribution >= 0.6 is 0 Å². The Hall–Kier alpha value is -4.77. The summed E-state index contributed by atoms with van der Waals surface area (Å²) < 4.78 is 27.7. The Bertz CT molecular complexity index is 2280. The highest BCUT2D eigenvalue weighted by Gasteiger charge is 2.72. The number of methoxy groups -OCH3 is 1. The first kappa shape index (κ1) is 43.9. The van der Waals surface area contributed by atoms with E-state index in [0.29, 0.717) is 38.5 Å². The van der Waals surface area contributed by atoms with Crippen molar-refractivity contribution >= 4 is 23.7 Å². The van der Waals surface area contributed by atoms with Crippen LogP contribution < -0.4 is 11.1 Å². The van der Waals surface area contributed by atoms with Gasteiger partial charge < -0.3 is 28.4 Å². The fraction of sp³-hybridized carbons (Fsp3) is 0.588. The molecule has 0 radical (unpaired) electrons. The maximum atomic E-state index is 15.3. The van der Waals surface area contributed by atoms with E-state index in [4.69, 9.17) is 23.0 Å². The number of hydrogen-bond acceptors (Lipinski definition) is 11. The van der Waals surface area contributed by atoms with E-state index in [0.717, 1.165) is 30.4 Å². The number of benzene rings is 2. The molecule has 4 fully saturated rings. The molecule has 332 valence electrons. The van der Waals surface area contributed by atoms with Crippen LogP contribution in [0.3, 0.4) is 0 Å². The number of fused-ring (bicyclic) bond motifs is 7. The monoisotopic (exact) mass is 849 g/mol. The van der Waals surface area contributed by atoms with Crippen LogP contribution in [0.15, 0.2) is 85.9 Å². The number of aryl methyl sites for hydroxylation is 1. The van der Waals surface area contributed by atoms with E-state index in [1.54, 1.807) is 6.92 Å². The number of allylic oxidation sites excluding steroid dienone is 2. The predicted molar refractivity (Wildman–Crippen MR) is 230 cm³/mol. The number of ether oxygens (including phenoxy) is 3. The highest BCUT2D eigenvalue weighted by atomic mass is 16.6. The summed E-state index contributed by atoms with van der Waals surface area (Å²) in [6.45, 7) is 14.4. The van der Waals surface area contributed by atoms with Crippen molar-refractivity contribution in [1.82, 2.24) is 5.32 Å². The van der Waals surface area contributed by atoms with Gasteiger partial charge in [0.25, 0.3) is 0 Å². The van der Waals surface area contributed by atoms with Gasteiger partial charge in [0.05, 0.1) is 24.5 Å². The minimum absolute atomic E-state index is 0.0108. The van der Waals surface area contributed by atoms with E-state index in [-0.39, 0.29) is 65.0 Å². The molecule has 62 heavy (non-hydrogen) atoms. The summed E-state index contributed by atoms with van der Waals surface area (Å²) in [5.74, 6) is -2.21. The standard InChI is InChI=1S/C51H63NO10/c1-31-37(61-45(57)60-31)30-59-44(56)51(7)38-19-22-50(6)42(48(38,4)21-20-39(51)52-29-40(54)58-8)36(53)27-34-35-28-47(3,24-23-46(35,2)25-26-49(34,50)5)43(55)62-41(32-15-11-9-12-16-32)33-17-13-10-14-18-33/h9-18,27,35,38-39,41-42,52H,19-26,28-30H2,1-8H3/t35-,38+,39-,42+,46+,47-,48-,49+,50+,51-/m0/s1. The van der Waals surface area contributed by atoms with Gasteiger partial charge in [-0.1, -0.05) is 93.9 Å². The number of carbonyl (C=O) groups excluding carboxylic acids is 4. The molecule has 10 atom stereocenters. The number of esters is 3. The first-order valence-corrected chi connectivity index (χ1v) is 22.5. The summed E-state index contributed by atoms with van der Waals surface area (Å²) >= 11 is 0. The van der Waals surface area contributed by atoms with Crippen molar-refractivity contribution in [3.8, 4) is 0 Å². The molecule has 4 saturated carbocycles. The van der Waals surface area contributed by atoms with Gasteiger partial charge in [0.1, 0.15) is 0 Å². The molecule has 1 N–H and O–H groups in total. The summed E-state index contributed by atoms with van der Waals surface area (Å²) in [7, 11) is 1.33. The molecular weight excluding hydrogens is 787 g/mol. The lowest BCUT2D eigenvalue weighted by molar-refractivity contribution is -0.205. The first-order chi connectivity index (χ1) is 29.3. The lowest BCUT2D eigenvalue weighted by atomic mass is 9.33. The van der Waals surface area contributed by atoms with Crippen LogP contribution in [-0.2, 0) is 40.0 Å². The van der Waals surface area contributed by atoms with Crippen LogP contribution in [-0.4, -0.2) is 43.4 Å². The molecule has 3 aromatic rings. The van der Waals surface area contributed by atoms with E-state index < -0.39 is 51.6 Å². The third-order valence-electron chi connectivity index (χ3n) is 17.5. The summed E-state index contributed by atoms with van der Waals surface area (Å²) in [5, 5.41) is 3.33. The molecular formula is C51H63NO10. The Morgan fingerprint density at radius 1 is 0.806 bits per heavy atom. The molecule has 5 aliphatic rings. The van der Waals surface area contributed by atoms with E-state index in [2.05, 4.69) is 39.9 Å². The Kier molecular flexibility index (Phi) is 11.2.